The van der Waals surface area contributed by atoms with Crippen LogP contribution in [0.15, 0.2) is 36.9 Å². The van der Waals surface area contributed by atoms with Gasteiger partial charge in [-0.05, 0) is 37.1 Å². The maximum Gasteiger partial charge on any atom is 0.406 e. The van der Waals surface area contributed by atoms with Crippen molar-refractivity contribution in [3.05, 3.63) is 42.5 Å². The molecule has 0 bridgehead atoms. The van der Waals surface area contributed by atoms with Gasteiger partial charge in [0.05, 0.1) is 0 Å². The molecule has 0 unspecified atom stereocenters. The van der Waals surface area contributed by atoms with Gasteiger partial charge in [-0.1, -0.05) is 6.08 Å². The number of nitrogens with zero attached hydrogens (tertiary/aromatic N) is 1. The van der Waals surface area contributed by atoms with Crippen LogP contribution in [-0.2, 0) is 4.79 Å². The second kappa shape index (κ2) is 6.85. The smallest absolute Gasteiger partial charge is 0.326 e. The second-order valence-electron chi connectivity index (χ2n) is 5.43. The third-order valence-corrected chi connectivity index (χ3v) is 3.35. The first-order chi connectivity index (χ1) is 10.8. The fourth-order valence-electron chi connectivity index (χ4n) is 2.06. The zero-order chi connectivity index (χ0) is 17.0. The summed E-state index contributed by atoms with van der Waals surface area (Å²) in [5.41, 5.74) is 0.644. The normalized spacial score (nSPS) is 14.2. The molecule has 7 heteroatoms. The van der Waals surface area contributed by atoms with Crippen molar-refractivity contribution in [3.8, 4) is 0 Å². The number of hydrogen-bond donors (Lipinski definition) is 1. The molecular formula is C16H17F3N2O2. The zero-order valence-corrected chi connectivity index (χ0v) is 12.4. The van der Waals surface area contributed by atoms with Gasteiger partial charge in [-0.15, -0.1) is 6.58 Å². The van der Waals surface area contributed by atoms with Crippen LogP contribution in [0.1, 0.15) is 23.2 Å². The first-order valence-corrected chi connectivity index (χ1v) is 7.18. The minimum Gasteiger partial charge on any atom is -0.326 e. The summed E-state index contributed by atoms with van der Waals surface area (Å²) in [6.07, 6.45) is -1.49. The largest absolute Gasteiger partial charge is 0.406 e. The molecule has 0 aliphatic heterocycles. The third-order valence-electron chi connectivity index (χ3n) is 3.35. The molecule has 1 aliphatic carbocycles. The van der Waals surface area contributed by atoms with Gasteiger partial charge in [0, 0.05) is 23.7 Å². The summed E-state index contributed by atoms with van der Waals surface area (Å²) in [6, 6.07) is 5.81. The van der Waals surface area contributed by atoms with E-state index in [1.54, 1.807) is 0 Å². The molecule has 1 saturated carbocycles. The van der Waals surface area contributed by atoms with Crippen LogP contribution in [0, 0.1) is 5.92 Å². The molecule has 1 aromatic rings. The number of nitrogens with one attached hydrogen (secondary N) is 1. The highest BCUT2D eigenvalue weighted by molar-refractivity contribution is 5.96. The van der Waals surface area contributed by atoms with Crippen LogP contribution in [0.4, 0.5) is 18.9 Å². The number of amides is 2. The molecule has 0 saturated heterocycles. The van der Waals surface area contributed by atoms with Crippen molar-refractivity contribution < 1.29 is 22.8 Å². The number of hydrogen-bond acceptors (Lipinski definition) is 2. The van der Waals surface area contributed by atoms with E-state index in [1.807, 2.05) is 0 Å². The number of rotatable bonds is 6. The number of benzene rings is 1. The Morgan fingerprint density at radius 3 is 2.35 bits per heavy atom. The first-order valence-electron chi connectivity index (χ1n) is 7.18. The Balaban J connectivity index is 2.04. The molecule has 1 N–H and O–H groups in total. The second-order valence-corrected chi connectivity index (χ2v) is 5.43. The molecule has 124 valence electrons. The Hall–Kier alpha value is -2.31. The number of alkyl halides is 3. The van der Waals surface area contributed by atoms with Gasteiger partial charge >= 0.3 is 6.18 Å². The summed E-state index contributed by atoms with van der Waals surface area (Å²) in [4.78, 5) is 24.4. The standard InChI is InChI=1S/C16H17F3N2O2/c1-2-9-21(10-16(17,18)19)15(23)12-5-7-13(8-6-12)20-14(22)11-3-4-11/h2,5-8,11H,1,3-4,9-10H2,(H,20,22). The van der Waals surface area contributed by atoms with E-state index in [2.05, 4.69) is 11.9 Å². The maximum absolute atomic E-state index is 12.5. The van der Waals surface area contributed by atoms with Crippen LogP contribution in [0.5, 0.6) is 0 Å². The van der Waals surface area contributed by atoms with Crippen molar-refractivity contribution in [2.75, 3.05) is 18.4 Å². The molecule has 1 aromatic carbocycles. The quantitative estimate of drug-likeness (QED) is 0.816. The lowest BCUT2D eigenvalue weighted by molar-refractivity contribution is -0.139. The Kier molecular flexibility index (Phi) is 5.08. The van der Waals surface area contributed by atoms with Gasteiger partial charge in [0.25, 0.3) is 5.91 Å². The van der Waals surface area contributed by atoms with E-state index < -0.39 is 18.6 Å². The molecule has 0 aromatic heterocycles. The molecule has 2 amide bonds. The van der Waals surface area contributed by atoms with Gasteiger partial charge in [0.15, 0.2) is 0 Å². The van der Waals surface area contributed by atoms with Crippen LogP contribution in [0.25, 0.3) is 0 Å². The Bertz CT molecular complexity index is 592. The fraction of sp³-hybridized carbons (Fsp3) is 0.375. The SMILES string of the molecule is C=CCN(CC(F)(F)F)C(=O)c1ccc(NC(=O)C2CC2)cc1. The minimum atomic E-state index is -4.48. The van der Waals surface area contributed by atoms with Crippen LogP contribution in [0.3, 0.4) is 0 Å². The van der Waals surface area contributed by atoms with Crippen LogP contribution < -0.4 is 5.32 Å². The van der Waals surface area contributed by atoms with Gasteiger partial charge in [-0.25, -0.2) is 0 Å². The van der Waals surface area contributed by atoms with Crippen molar-refractivity contribution in [1.29, 1.82) is 0 Å². The van der Waals surface area contributed by atoms with Crippen LogP contribution >= 0.6 is 0 Å². The molecular weight excluding hydrogens is 309 g/mol. The lowest BCUT2D eigenvalue weighted by Crippen LogP contribution is -2.39. The number of carbonyl (C=O) groups excluding carboxylic acids is 2. The fourth-order valence-corrected chi connectivity index (χ4v) is 2.06. The highest BCUT2D eigenvalue weighted by Crippen LogP contribution is 2.30. The minimum absolute atomic E-state index is 0.0474. The topological polar surface area (TPSA) is 49.4 Å². The van der Waals surface area contributed by atoms with Gasteiger partial charge in [-0.2, -0.15) is 13.2 Å². The molecule has 1 aliphatic rings. The van der Waals surface area contributed by atoms with Gasteiger partial charge in [-0.3, -0.25) is 9.59 Å². The monoisotopic (exact) mass is 326 g/mol. The Morgan fingerprint density at radius 1 is 1.26 bits per heavy atom. The summed E-state index contributed by atoms with van der Waals surface area (Å²) < 4.78 is 37.6. The van der Waals surface area contributed by atoms with E-state index in [1.165, 1.54) is 30.3 Å². The molecule has 0 heterocycles. The van der Waals surface area contributed by atoms with E-state index in [0.717, 1.165) is 12.8 Å². The molecule has 1 fully saturated rings. The molecule has 0 atom stereocenters. The lowest BCUT2D eigenvalue weighted by atomic mass is 10.1. The Morgan fingerprint density at radius 2 is 1.87 bits per heavy atom. The summed E-state index contributed by atoms with van der Waals surface area (Å²) in [6.45, 7) is 1.84. The van der Waals surface area contributed by atoms with Crippen molar-refractivity contribution in [2.45, 2.75) is 19.0 Å². The van der Waals surface area contributed by atoms with Crippen molar-refractivity contribution in [2.24, 2.45) is 5.92 Å². The van der Waals surface area contributed by atoms with E-state index in [-0.39, 0.29) is 23.9 Å². The van der Waals surface area contributed by atoms with E-state index >= 15 is 0 Å². The summed E-state index contributed by atoms with van der Waals surface area (Å²) in [5, 5.41) is 2.70. The van der Waals surface area contributed by atoms with Crippen molar-refractivity contribution in [3.63, 3.8) is 0 Å². The van der Waals surface area contributed by atoms with Gasteiger partial charge < -0.3 is 10.2 Å². The molecule has 0 radical (unpaired) electrons. The molecule has 4 nitrogen and oxygen atoms in total. The highest BCUT2D eigenvalue weighted by atomic mass is 19.4. The van der Waals surface area contributed by atoms with E-state index in [9.17, 15) is 22.8 Å². The number of halogens is 3. The highest BCUT2D eigenvalue weighted by Gasteiger charge is 2.33. The lowest BCUT2D eigenvalue weighted by Gasteiger charge is -2.22. The maximum atomic E-state index is 12.5. The van der Waals surface area contributed by atoms with Crippen LogP contribution in [0.2, 0.25) is 0 Å². The molecule has 2 rings (SSSR count). The van der Waals surface area contributed by atoms with Gasteiger partial charge in [0.1, 0.15) is 6.54 Å². The Labute approximate surface area is 132 Å². The summed E-state index contributed by atoms with van der Waals surface area (Å²) in [5.74, 6) is -0.761. The average Bonchev–Trinajstić information content (AvgIpc) is 3.30. The van der Waals surface area contributed by atoms with E-state index in [4.69, 9.17) is 0 Å². The summed E-state index contributed by atoms with van der Waals surface area (Å²) in [7, 11) is 0. The van der Waals surface area contributed by atoms with Crippen molar-refractivity contribution >= 4 is 17.5 Å². The third kappa shape index (κ3) is 5.12. The van der Waals surface area contributed by atoms with Crippen LogP contribution in [-0.4, -0.2) is 36.0 Å². The predicted molar refractivity (Wildman–Crippen MR) is 80.0 cm³/mol. The predicted octanol–water partition coefficient (Wildman–Crippen LogP) is 3.23. The molecule has 23 heavy (non-hydrogen) atoms. The summed E-state index contributed by atoms with van der Waals surface area (Å²) >= 11 is 0. The first kappa shape index (κ1) is 17.1. The van der Waals surface area contributed by atoms with Crippen molar-refractivity contribution in [1.82, 2.24) is 4.90 Å². The zero-order valence-electron chi connectivity index (χ0n) is 12.4. The van der Waals surface area contributed by atoms with E-state index in [0.29, 0.717) is 10.6 Å². The van der Waals surface area contributed by atoms with Gasteiger partial charge in [0.2, 0.25) is 5.91 Å². The molecule has 0 spiro atoms. The number of carbonyl (C=O) groups is 2. The number of anilines is 1. The average molecular weight is 326 g/mol.